The highest BCUT2D eigenvalue weighted by molar-refractivity contribution is 5.86. The molecule has 0 heterocycles. The predicted molar refractivity (Wildman–Crippen MR) is 67.5 cm³/mol. The third-order valence-corrected chi connectivity index (χ3v) is 3.72. The molecule has 0 spiro atoms. The van der Waals surface area contributed by atoms with Gasteiger partial charge < -0.3 is 5.11 Å². The van der Waals surface area contributed by atoms with Crippen molar-refractivity contribution < 1.29 is 9.90 Å². The number of rotatable bonds is 3. The smallest absolute Gasteiger partial charge is 0.168 e. The molecule has 1 N–H and O–H groups in total. The highest BCUT2D eigenvalue weighted by atomic mass is 16.3. The molecular weight excluding hydrogens is 212 g/mol. The van der Waals surface area contributed by atoms with Crippen LogP contribution in [0, 0.1) is 11.8 Å². The van der Waals surface area contributed by atoms with E-state index in [4.69, 9.17) is 0 Å². The van der Waals surface area contributed by atoms with E-state index >= 15 is 0 Å². The van der Waals surface area contributed by atoms with E-state index in [0.29, 0.717) is 5.92 Å². The molecule has 1 aliphatic carbocycles. The Morgan fingerprint density at radius 2 is 2.00 bits per heavy atom. The Labute approximate surface area is 103 Å². The number of hydrogen-bond acceptors (Lipinski definition) is 2. The summed E-state index contributed by atoms with van der Waals surface area (Å²) >= 11 is 0. The fourth-order valence-corrected chi connectivity index (χ4v) is 2.72. The molecule has 2 nitrogen and oxygen atoms in total. The third kappa shape index (κ3) is 2.95. The molecule has 3 unspecified atom stereocenters. The fraction of sp³-hybridized carbons (Fsp3) is 0.533. The van der Waals surface area contributed by atoms with Gasteiger partial charge in [0.2, 0.25) is 0 Å². The normalized spacial score (nSPS) is 26.5. The van der Waals surface area contributed by atoms with Crippen molar-refractivity contribution in [3.8, 4) is 0 Å². The average Bonchev–Trinajstić information content (AvgIpc) is 2.38. The molecule has 2 rings (SSSR count). The summed E-state index contributed by atoms with van der Waals surface area (Å²) < 4.78 is 0. The molecule has 92 valence electrons. The van der Waals surface area contributed by atoms with E-state index < -0.39 is 6.10 Å². The third-order valence-electron chi connectivity index (χ3n) is 3.72. The number of ketones is 1. The van der Waals surface area contributed by atoms with Crippen molar-refractivity contribution in [3.05, 3.63) is 35.9 Å². The van der Waals surface area contributed by atoms with Crippen molar-refractivity contribution in [1.29, 1.82) is 0 Å². The maximum absolute atomic E-state index is 12.2. The van der Waals surface area contributed by atoms with Gasteiger partial charge in [-0.3, -0.25) is 4.79 Å². The summed E-state index contributed by atoms with van der Waals surface area (Å²) in [5.41, 5.74) is 0.718. The topological polar surface area (TPSA) is 37.3 Å². The minimum Gasteiger partial charge on any atom is -0.381 e. The number of Topliss-reactive ketones (excluding diaryl/α,β-unsaturated/α-hetero) is 1. The average molecular weight is 232 g/mol. The van der Waals surface area contributed by atoms with Crippen molar-refractivity contribution in [2.24, 2.45) is 11.8 Å². The maximum Gasteiger partial charge on any atom is 0.168 e. The van der Waals surface area contributed by atoms with E-state index in [2.05, 4.69) is 6.92 Å². The van der Waals surface area contributed by atoms with E-state index in [1.54, 1.807) is 0 Å². The van der Waals surface area contributed by atoms with Crippen molar-refractivity contribution in [3.63, 3.8) is 0 Å². The molecule has 0 amide bonds. The monoisotopic (exact) mass is 232 g/mol. The van der Waals surface area contributed by atoms with Crippen LogP contribution >= 0.6 is 0 Å². The largest absolute Gasteiger partial charge is 0.381 e. The molecule has 1 aromatic rings. The van der Waals surface area contributed by atoms with Crippen molar-refractivity contribution >= 4 is 5.78 Å². The van der Waals surface area contributed by atoms with Gasteiger partial charge in [-0.05, 0) is 24.3 Å². The van der Waals surface area contributed by atoms with Gasteiger partial charge in [0.1, 0.15) is 6.10 Å². The SMILES string of the molecule is CC1CCCC(C(=O)C(O)c2ccccc2)C1. The summed E-state index contributed by atoms with van der Waals surface area (Å²) in [4.78, 5) is 12.2. The number of carbonyl (C=O) groups is 1. The number of aliphatic hydroxyl groups excluding tert-OH is 1. The molecule has 1 fully saturated rings. The maximum atomic E-state index is 12.2. The molecule has 3 atom stereocenters. The van der Waals surface area contributed by atoms with Crippen molar-refractivity contribution in [1.82, 2.24) is 0 Å². The predicted octanol–water partition coefficient (Wildman–Crippen LogP) is 3.12. The molecule has 1 saturated carbocycles. The highest BCUT2D eigenvalue weighted by Crippen LogP contribution is 2.32. The Morgan fingerprint density at radius 3 is 2.65 bits per heavy atom. The van der Waals surface area contributed by atoms with E-state index in [1.807, 2.05) is 30.3 Å². The van der Waals surface area contributed by atoms with Crippen LogP contribution in [0.4, 0.5) is 0 Å². The number of carbonyl (C=O) groups excluding carboxylic acids is 1. The van der Waals surface area contributed by atoms with Gasteiger partial charge in [0.25, 0.3) is 0 Å². The van der Waals surface area contributed by atoms with Crippen molar-refractivity contribution in [2.75, 3.05) is 0 Å². The van der Waals surface area contributed by atoms with Gasteiger partial charge in [-0.15, -0.1) is 0 Å². The lowest BCUT2D eigenvalue weighted by atomic mass is 9.78. The molecule has 0 radical (unpaired) electrons. The lowest BCUT2D eigenvalue weighted by Gasteiger charge is -2.27. The Morgan fingerprint density at radius 1 is 1.29 bits per heavy atom. The van der Waals surface area contributed by atoms with Gasteiger partial charge >= 0.3 is 0 Å². The minimum atomic E-state index is -0.938. The van der Waals surface area contributed by atoms with Crippen LogP contribution in [-0.2, 0) is 4.79 Å². The van der Waals surface area contributed by atoms with Crippen LogP contribution in [-0.4, -0.2) is 10.9 Å². The van der Waals surface area contributed by atoms with Gasteiger partial charge in [-0.25, -0.2) is 0 Å². The van der Waals surface area contributed by atoms with Gasteiger partial charge in [-0.1, -0.05) is 50.1 Å². The first-order valence-corrected chi connectivity index (χ1v) is 6.45. The molecule has 0 aliphatic heterocycles. The summed E-state index contributed by atoms with van der Waals surface area (Å²) in [6.45, 7) is 2.19. The van der Waals surface area contributed by atoms with E-state index in [1.165, 1.54) is 6.42 Å². The summed E-state index contributed by atoms with van der Waals surface area (Å²) in [5.74, 6) is 0.664. The van der Waals surface area contributed by atoms with Crippen LogP contribution in [0.2, 0.25) is 0 Å². The van der Waals surface area contributed by atoms with Gasteiger partial charge in [0.05, 0.1) is 0 Å². The summed E-state index contributed by atoms with van der Waals surface area (Å²) in [6.07, 6.45) is 3.26. The first-order chi connectivity index (χ1) is 8.18. The molecule has 17 heavy (non-hydrogen) atoms. The van der Waals surface area contributed by atoms with Crippen LogP contribution < -0.4 is 0 Å². The van der Waals surface area contributed by atoms with Crippen LogP contribution in [0.5, 0.6) is 0 Å². The highest BCUT2D eigenvalue weighted by Gasteiger charge is 2.29. The first-order valence-electron chi connectivity index (χ1n) is 6.45. The Kier molecular flexibility index (Phi) is 3.95. The second kappa shape index (κ2) is 5.46. The minimum absolute atomic E-state index is 0.00255. The van der Waals surface area contributed by atoms with Crippen molar-refractivity contribution in [2.45, 2.75) is 38.7 Å². The molecular formula is C15H20O2. The van der Waals surface area contributed by atoms with Crippen LogP contribution in [0.3, 0.4) is 0 Å². The Hall–Kier alpha value is -1.15. The number of aliphatic hydroxyl groups is 1. The van der Waals surface area contributed by atoms with Crippen LogP contribution in [0.25, 0.3) is 0 Å². The molecule has 0 aromatic heterocycles. The van der Waals surface area contributed by atoms with Gasteiger partial charge in [-0.2, -0.15) is 0 Å². The second-order valence-electron chi connectivity index (χ2n) is 5.18. The molecule has 0 saturated heterocycles. The quantitative estimate of drug-likeness (QED) is 0.869. The summed E-state index contributed by atoms with van der Waals surface area (Å²) in [6, 6.07) is 9.23. The van der Waals surface area contributed by atoms with Crippen LogP contribution in [0.1, 0.15) is 44.3 Å². The summed E-state index contributed by atoms with van der Waals surface area (Å²) in [7, 11) is 0. The van der Waals surface area contributed by atoms with E-state index in [0.717, 1.165) is 24.8 Å². The second-order valence-corrected chi connectivity index (χ2v) is 5.18. The van der Waals surface area contributed by atoms with Gasteiger partial charge in [0, 0.05) is 5.92 Å². The molecule has 1 aromatic carbocycles. The molecule has 1 aliphatic rings. The Bertz CT molecular complexity index is 372. The lowest BCUT2D eigenvalue weighted by Crippen LogP contribution is -2.26. The van der Waals surface area contributed by atoms with Crippen LogP contribution in [0.15, 0.2) is 30.3 Å². The Balaban J connectivity index is 2.04. The molecule has 0 bridgehead atoms. The lowest BCUT2D eigenvalue weighted by molar-refractivity contribution is -0.133. The number of hydrogen-bond donors (Lipinski definition) is 1. The van der Waals surface area contributed by atoms with E-state index in [9.17, 15) is 9.90 Å². The zero-order chi connectivity index (χ0) is 12.3. The molecule has 2 heteroatoms. The fourth-order valence-electron chi connectivity index (χ4n) is 2.72. The van der Waals surface area contributed by atoms with E-state index in [-0.39, 0.29) is 11.7 Å². The standard InChI is InChI=1S/C15H20O2/c1-11-6-5-9-13(10-11)15(17)14(16)12-7-3-2-4-8-12/h2-4,7-8,11,13-14,16H,5-6,9-10H2,1H3. The number of benzene rings is 1. The first kappa shape index (κ1) is 12.3. The zero-order valence-electron chi connectivity index (χ0n) is 10.3. The summed E-state index contributed by atoms with van der Waals surface area (Å²) in [5, 5.41) is 10.1. The van der Waals surface area contributed by atoms with Gasteiger partial charge in [0.15, 0.2) is 5.78 Å². The zero-order valence-corrected chi connectivity index (χ0v) is 10.3.